The summed E-state index contributed by atoms with van der Waals surface area (Å²) in [6, 6.07) is 7.47. The molecule has 0 saturated carbocycles. The van der Waals surface area contributed by atoms with E-state index in [1.165, 1.54) is 11.8 Å². The smallest absolute Gasteiger partial charge is 0.250 e. The number of ether oxygens (including phenoxy) is 1. The van der Waals surface area contributed by atoms with E-state index in [2.05, 4.69) is 4.99 Å². The fraction of sp³-hybridized carbons (Fsp3) is 0.529. The van der Waals surface area contributed by atoms with Crippen molar-refractivity contribution in [2.24, 2.45) is 10.9 Å². The number of thioether (sulfide) groups is 1. The zero-order chi connectivity index (χ0) is 18.2. The number of para-hydroxylation sites is 1. The molecule has 6 nitrogen and oxygen atoms in total. The number of aliphatic imine (C=N–C) groups is 1. The molecule has 136 valence electrons. The molecule has 8 heteroatoms. The SMILES string of the molecule is COc1ccccc1CN1C(=NC(=O)C(C)C)S[C@H]2CS(=O)(=O)C[C@@H]21. The number of sulfone groups is 1. The van der Waals surface area contributed by atoms with Crippen molar-refractivity contribution >= 4 is 32.7 Å². The molecule has 0 bridgehead atoms. The normalized spacial score (nSPS) is 26.2. The number of hydrogen-bond donors (Lipinski definition) is 0. The van der Waals surface area contributed by atoms with Crippen LogP contribution in [0.2, 0.25) is 0 Å². The summed E-state index contributed by atoms with van der Waals surface area (Å²) in [5, 5.41) is 0.549. The number of carbonyl (C=O) groups excluding carboxylic acids is 1. The zero-order valence-corrected chi connectivity index (χ0v) is 16.1. The zero-order valence-electron chi connectivity index (χ0n) is 14.5. The third-order valence-corrected chi connectivity index (χ3v) is 7.66. The van der Waals surface area contributed by atoms with Crippen LogP contribution in [0.3, 0.4) is 0 Å². The molecule has 0 aliphatic carbocycles. The maximum Gasteiger partial charge on any atom is 0.250 e. The molecule has 2 atom stereocenters. The van der Waals surface area contributed by atoms with Crippen LogP contribution in [0.5, 0.6) is 5.75 Å². The maximum absolute atomic E-state index is 12.1. The second-order valence-corrected chi connectivity index (χ2v) is 9.99. The van der Waals surface area contributed by atoms with Crippen molar-refractivity contribution in [1.82, 2.24) is 4.90 Å². The van der Waals surface area contributed by atoms with Crippen LogP contribution in [-0.2, 0) is 21.2 Å². The van der Waals surface area contributed by atoms with Gasteiger partial charge in [-0.3, -0.25) is 4.79 Å². The maximum atomic E-state index is 12.1. The van der Waals surface area contributed by atoms with Crippen LogP contribution in [0.25, 0.3) is 0 Å². The monoisotopic (exact) mass is 382 g/mol. The molecule has 0 unspecified atom stereocenters. The molecule has 0 spiro atoms. The van der Waals surface area contributed by atoms with Crippen molar-refractivity contribution in [2.75, 3.05) is 18.6 Å². The Hall–Kier alpha value is -1.54. The Labute approximate surface area is 152 Å². The molecule has 3 rings (SSSR count). The fourth-order valence-electron chi connectivity index (χ4n) is 3.06. The molecule has 2 heterocycles. The van der Waals surface area contributed by atoms with E-state index >= 15 is 0 Å². The van der Waals surface area contributed by atoms with Crippen LogP contribution in [0.4, 0.5) is 0 Å². The Morgan fingerprint density at radius 1 is 1.36 bits per heavy atom. The first kappa shape index (κ1) is 18.3. The molecule has 1 amide bonds. The summed E-state index contributed by atoms with van der Waals surface area (Å²) < 4.78 is 29.5. The molecule has 2 fully saturated rings. The Morgan fingerprint density at radius 3 is 2.76 bits per heavy atom. The fourth-order valence-corrected chi connectivity index (χ4v) is 7.02. The highest BCUT2D eigenvalue weighted by molar-refractivity contribution is 8.15. The van der Waals surface area contributed by atoms with Crippen molar-refractivity contribution in [3.63, 3.8) is 0 Å². The highest BCUT2D eigenvalue weighted by atomic mass is 32.2. The Balaban J connectivity index is 1.93. The number of amides is 1. The summed E-state index contributed by atoms with van der Waals surface area (Å²) in [5.74, 6) is 0.612. The predicted octanol–water partition coefficient (Wildman–Crippen LogP) is 1.95. The van der Waals surface area contributed by atoms with E-state index in [-0.39, 0.29) is 34.6 Å². The lowest BCUT2D eigenvalue weighted by Crippen LogP contribution is -2.37. The highest BCUT2D eigenvalue weighted by Crippen LogP contribution is 2.39. The van der Waals surface area contributed by atoms with Gasteiger partial charge in [0, 0.05) is 23.3 Å². The molecular weight excluding hydrogens is 360 g/mol. The number of benzene rings is 1. The standard InChI is InChI=1S/C17H22N2O4S2/c1-11(2)16(20)18-17-19(8-12-6-4-5-7-14(12)23-3)13-9-25(21,22)10-15(13)24-17/h4-7,11,13,15H,8-10H2,1-3H3/t13-,15-/m0/s1. The first-order chi connectivity index (χ1) is 11.8. The second kappa shape index (κ2) is 6.99. The average molecular weight is 383 g/mol. The summed E-state index contributed by atoms with van der Waals surface area (Å²) >= 11 is 1.41. The molecule has 2 saturated heterocycles. The van der Waals surface area contributed by atoms with Gasteiger partial charge in [-0.1, -0.05) is 43.8 Å². The summed E-state index contributed by atoms with van der Waals surface area (Å²) in [6.07, 6.45) is 0. The predicted molar refractivity (Wildman–Crippen MR) is 99.6 cm³/mol. The molecule has 1 aromatic carbocycles. The average Bonchev–Trinajstić information content (AvgIpc) is 3.00. The number of hydrogen-bond acceptors (Lipinski definition) is 5. The lowest BCUT2D eigenvalue weighted by atomic mass is 10.1. The molecule has 25 heavy (non-hydrogen) atoms. The van der Waals surface area contributed by atoms with E-state index in [4.69, 9.17) is 4.74 Å². The molecular formula is C17H22N2O4S2. The van der Waals surface area contributed by atoms with Crippen LogP contribution in [0.1, 0.15) is 19.4 Å². The van der Waals surface area contributed by atoms with Crippen LogP contribution in [-0.4, -0.2) is 54.3 Å². The quantitative estimate of drug-likeness (QED) is 0.792. The minimum Gasteiger partial charge on any atom is -0.496 e. The molecule has 2 aliphatic rings. The van der Waals surface area contributed by atoms with E-state index in [1.807, 2.05) is 43.0 Å². The van der Waals surface area contributed by atoms with E-state index in [1.54, 1.807) is 7.11 Å². The van der Waals surface area contributed by atoms with E-state index in [0.29, 0.717) is 11.7 Å². The highest BCUT2D eigenvalue weighted by Gasteiger charge is 2.48. The summed E-state index contributed by atoms with van der Waals surface area (Å²) in [6.45, 7) is 4.08. The van der Waals surface area contributed by atoms with Crippen LogP contribution >= 0.6 is 11.8 Å². The van der Waals surface area contributed by atoms with Gasteiger partial charge in [0.15, 0.2) is 15.0 Å². The van der Waals surface area contributed by atoms with Crippen molar-refractivity contribution < 1.29 is 17.9 Å². The first-order valence-electron chi connectivity index (χ1n) is 8.19. The van der Waals surface area contributed by atoms with Gasteiger partial charge < -0.3 is 9.64 Å². The molecule has 0 radical (unpaired) electrons. The lowest BCUT2D eigenvalue weighted by Gasteiger charge is -2.25. The van der Waals surface area contributed by atoms with Crippen LogP contribution < -0.4 is 4.74 Å². The molecule has 2 aliphatic heterocycles. The first-order valence-corrected chi connectivity index (χ1v) is 10.9. The van der Waals surface area contributed by atoms with Gasteiger partial charge in [-0.25, -0.2) is 8.42 Å². The van der Waals surface area contributed by atoms with Crippen molar-refractivity contribution in [3.8, 4) is 5.75 Å². The van der Waals surface area contributed by atoms with E-state index < -0.39 is 9.84 Å². The topological polar surface area (TPSA) is 76.0 Å². The number of carbonyl (C=O) groups is 1. The van der Waals surface area contributed by atoms with Crippen LogP contribution in [0, 0.1) is 5.92 Å². The molecule has 0 N–H and O–H groups in total. The number of amidine groups is 1. The minimum atomic E-state index is -3.05. The van der Waals surface area contributed by atoms with Gasteiger partial charge in [0.25, 0.3) is 5.91 Å². The molecule has 0 aromatic heterocycles. The van der Waals surface area contributed by atoms with Gasteiger partial charge in [-0.2, -0.15) is 4.99 Å². The third kappa shape index (κ3) is 3.84. The van der Waals surface area contributed by atoms with Crippen molar-refractivity contribution in [2.45, 2.75) is 31.7 Å². The van der Waals surface area contributed by atoms with Gasteiger partial charge in [0.2, 0.25) is 0 Å². The van der Waals surface area contributed by atoms with Crippen molar-refractivity contribution in [1.29, 1.82) is 0 Å². The number of nitrogens with zero attached hydrogens (tertiary/aromatic N) is 2. The van der Waals surface area contributed by atoms with Gasteiger partial charge in [0.05, 0.1) is 24.7 Å². The van der Waals surface area contributed by atoms with Gasteiger partial charge in [0.1, 0.15) is 5.75 Å². The number of methoxy groups -OCH3 is 1. The number of fused-ring (bicyclic) bond motifs is 1. The van der Waals surface area contributed by atoms with E-state index in [0.717, 1.165) is 11.3 Å². The second-order valence-electron chi connectivity index (χ2n) is 6.63. The van der Waals surface area contributed by atoms with E-state index in [9.17, 15) is 13.2 Å². The van der Waals surface area contributed by atoms with Gasteiger partial charge in [-0.15, -0.1) is 0 Å². The molecule has 1 aromatic rings. The van der Waals surface area contributed by atoms with Gasteiger partial charge >= 0.3 is 0 Å². The Kier molecular flexibility index (Phi) is 5.11. The lowest BCUT2D eigenvalue weighted by molar-refractivity contribution is -0.120. The summed E-state index contributed by atoms with van der Waals surface area (Å²) in [5.41, 5.74) is 0.945. The Morgan fingerprint density at radius 2 is 2.08 bits per heavy atom. The minimum absolute atomic E-state index is 0.0709. The number of rotatable bonds is 4. The van der Waals surface area contributed by atoms with Gasteiger partial charge in [-0.05, 0) is 6.07 Å². The summed E-state index contributed by atoms with van der Waals surface area (Å²) in [4.78, 5) is 18.3. The third-order valence-electron chi connectivity index (χ3n) is 4.41. The largest absolute Gasteiger partial charge is 0.496 e. The van der Waals surface area contributed by atoms with Crippen molar-refractivity contribution in [3.05, 3.63) is 29.8 Å². The Bertz CT molecular complexity index is 805. The van der Waals surface area contributed by atoms with Crippen LogP contribution in [0.15, 0.2) is 29.3 Å². The summed E-state index contributed by atoms with van der Waals surface area (Å²) in [7, 11) is -1.44.